The molecule has 1 atom stereocenters. The number of H-pyrrole nitrogens is 1. The number of hydrogen-bond acceptors (Lipinski definition) is 5. The molecule has 2 aromatic heterocycles. The quantitative estimate of drug-likeness (QED) is 0.686. The number of thioether (sulfide) groups is 1. The summed E-state index contributed by atoms with van der Waals surface area (Å²) in [5.74, 6) is 0.927. The van der Waals surface area contributed by atoms with Crippen molar-refractivity contribution < 1.29 is 4.79 Å². The number of aromatic nitrogens is 3. The summed E-state index contributed by atoms with van der Waals surface area (Å²) in [5, 5.41) is 9.55. The topological polar surface area (TPSA) is 61.9 Å². The van der Waals surface area contributed by atoms with Gasteiger partial charge in [-0.2, -0.15) is 5.10 Å². The Labute approximate surface area is 154 Å². The van der Waals surface area contributed by atoms with E-state index >= 15 is 0 Å². The Hall–Kier alpha value is -2.12. The van der Waals surface area contributed by atoms with Crippen LogP contribution in [0.25, 0.3) is 0 Å². The van der Waals surface area contributed by atoms with Gasteiger partial charge < -0.3 is 4.90 Å². The molecule has 1 aliphatic rings. The van der Waals surface area contributed by atoms with E-state index in [-0.39, 0.29) is 11.9 Å². The molecule has 25 heavy (non-hydrogen) atoms. The summed E-state index contributed by atoms with van der Waals surface area (Å²) in [5.41, 5.74) is 1.92. The van der Waals surface area contributed by atoms with Gasteiger partial charge in [-0.3, -0.25) is 9.89 Å². The highest BCUT2D eigenvalue weighted by Crippen LogP contribution is 2.35. The van der Waals surface area contributed by atoms with Gasteiger partial charge in [-0.25, -0.2) is 4.98 Å². The number of carbonyl (C=O) groups excluding carboxylic acids is 1. The molecule has 4 rings (SSSR count). The number of amides is 1. The third-order valence-electron chi connectivity index (χ3n) is 4.35. The minimum absolute atomic E-state index is 0.130. The van der Waals surface area contributed by atoms with Gasteiger partial charge in [-0.05, 0) is 42.0 Å². The number of hydrogen-bond donors (Lipinski definition) is 1. The van der Waals surface area contributed by atoms with Gasteiger partial charge in [0.25, 0.3) is 5.91 Å². The van der Waals surface area contributed by atoms with Crippen molar-refractivity contribution in [1.82, 2.24) is 20.1 Å². The molecule has 0 aliphatic carbocycles. The normalized spacial score (nSPS) is 17.1. The molecule has 128 valence electrons. The maximum absolute atomic E-state index is 12.9. The van der Waals surface area contributed by atoms with Crippen molar-refractivity contribution in [3.8, 4) is 0 Å². The highest BCUT2D eigenvalue weighted by molar-refractivity contribution is 7.98. The Balaban J connectivity index is 1.43. The second-order valence-electron chi connectivity index (χ2n) is 5.95. The molecule has 1 N–H and O–H groups in total. The van der Waals surface area contributed by atoms with Crippen molar-refractivity contribution in [2.24, 2.45) is 0 Å². The van der Waals surface area contributed by atoms with E-state index in [2.05, 4.69) is 32.7 Å². The number of thiophene rings is 1. The van der Waals surface area contributed by atoms with E-state index in [0.29, 0.717) is 0 Å². The van der Waals surface area contributed by atoms with Crippen LogP contribution in [-0.2, 0) is 5.75 Å². The van der Waals surface area contributed by atoms with Crippen LogP contribution in [0.15, 0.2) is 53.3 Å². The fourth-order valence-corrected chi connectivity index (χ4v) is 4.72. The third kappa shape index (κ3) is 3.62. The number of rotatable bonds is 5. The zero-order valence-corrected chi connectivity index (χ0v) is 15.2. The molecule has 1 unspecified atom stereocenters. The Kier molecular flexibility index (Phi) is 4.85. The fourth-order valence-electron chi connectivity index (χ4n) is 3.11. The van der Waals surface area contributed by atoms with Gasteiger partial charge >= 0.3 is 0 Å². The van der Waals surface area contributed by atoms with Gasteiger partial charge in [0.15, 0.2) is 5.16 Å². The van der Waals surface area contributed by atoms with E-state index in [4.69, 9.17) is 0 Å². The van der Waals surface area contributed by atoms with Gasteiger partial charge in [0.2, 0.25) is 0 Å². The third-order valence-corrected chi connectivity index (χ3v) is 6.28. The average molecular weight is 371 g/mol. The van der Waals surface area contributed by atoms with Crippen LogP contribution in [0, 0.1) is 0 Å². The molecule has 1 fully saturated rings. The molecule has 0 radical (unpaired) electrons. The first-order valence-electron chi connectivity index (χ1n) is 8.23. The maximum atomic E-state index is 12.9. The largest absolute Gasteiger partial charge is 0.331 e. The van der Waals surface area contributed by atoms with Crippen LogP contribution >= 0.6 is 23.1 Å². The highest BCUT2D eigenvalue weighted by Gasteiger charge is 2.31. The van der Waals surface area contributed by atoms with Gasteiger partial charge in [0.1, 0.15) is 6.33 Å². The van der Waals surface area contributed by atoms with E-state index in [1.165, 1.54) is 11.2 Å². The zero-order chi connectivity index (χ0) is 17.1. The lowest BCUT2D eigenvalue weighted by atomic mass is 10.1. The SMILES string of the molecule is O=C(c1ccc(CSc2ncn[nH]2)cc1)N1CCCC1c1cccs1. The van der Waals surface area contributed by atoms with Crippen LogP contribution in [-0.4, -0.2) is 32.5 Å². The van der Waals surface area contributed by atoms with Crippen molar-refractivity contribution in [3.05, 3.63) is 64.1 Å². The summed E-state index contributed by atoms with van der Waals surface area (Å²) >= 11 is 3.33. The summed E-state index contributed by atoms with van der Waals surface area (Å²) < 4.78 is 0. The van der Waals surface area contributed by atoms with Crippen LogP contribution in [0.5, 0.6) is 0 Å². The molecule has 1 amide bonds. The lowest BCUT2D eigenvalue weighted by molar-refractivity contribution is 0.0738. The number of nitrogens with zero attached hydrogens (tertiary/aromatic N) is 3. The Morgan fingerprint density at radius 1 is 1.32 bits per heavy atom. The molecule has 0 saturated carbocycles. The molecular weight excluding hydrogens is 352 g/mol. The van der Waals surface area contributed by atoms with Crippen LogP contribution < -0.4 is 0 Å². The predicted octanol–water partition coefficient (Wildman–Crippen LogP) is 4.14. The van der Waals surface area contributed by atoms with Crippen LogP contribution in [0.2, 0.25) is 0 Å². The van der Waals surface area contributed by atoms with Crippen molar-refractivity contribution in [2.45, 2.75) is 29.8 Å². The number of aromatic amines is 1. The van der Waals surface area contributed by atoms with E-state index in [0.717, 1.165) is 41.4 Å². The van der Waals surface area contributed by atoms with Crippen molar-refractivity contribution in [2.75, 3.05) is 6.54 Å². The summed E-state index contributed by atoms with van der Waals surface area (Å²) in [4.78, 5) is 20.3. The summed E-state index contributed by atoms with van der Waals surface area (Å²) in [6.45, 7) is 0.838. The van der Waals surface area contributed by atoms with Gasteiger partial charge in [0.05, 0.1) is 6.04 Å². The first-order valence-corrected chi connectivity index (χ1v) is 10.1. The lowest BCUT2D eigenvalue weighted by Gasteiger charge is -2.24. The van der Waals surface area contributed by atoms with E-state index in [9.17, 15) is 4.79 Å². The average Bonchev–Trinajstić information content (AvgIpc) is 3.41. The van der Waals surface area contributed by atoms with E-state index in [1.807, 2.05) is 29.2 Å². The minimum atomic E-state index is 0.130. The summed E-state index contributed by atoms with van der Waals surface area (Å²) in [7, 11) is 0. The number of carbonyl (C=O) groups is 1. The second-order valence-corrected chi connectivity index (χ2v) is 7.89. The fraction of sp³-hybridized carbons (Fsp3) is 0.278. The van der Waals surface area contributed by atoms with Crippen molar-refractivity contribution >= 4 is 29.0 Å². The van der Waals surface area contributed by atoms with Crippen LogP contribution in [0.3, 0.4) is 0 Å². The minimum Gasteiger partial charge on any atom is -0.331 e. The molecule has 0 bridgehead atoms. The van der Waals surface area contributed by atoms with Crippen molar-refractivity contribution in [3.63, 3.8) is 0 Å². The molecule has 0 spiro atoms. The molecule has 3 heterocycles. The molecule has 1 aromatic carbocycles. The first-order chi connectivity index (χ1) is 12.3. The summed E-state index contributed by atoms with van der Waals surface area (Å²) in [6, 6.07) is 12.3. The van der Waals surface area contributed by atoms with Crippen LogP contribution in [0.4, 0.5) is 0 Å². The smallest absolute Gasteiger partial charge is 0.254 e. The molecule has 7 heteroatoms. The molecule has 1 saturated heterocycles. The van der Waals surface area contributed by atoms with E-state index in [1.54, 1.807) is 23.1 Å². The summed E-state index contributed by atoms with van der Waals surface area (Å²) in [6.07, 6.45) is 3.63. The predicted molar refractivity (Wildman–Crippen MR) is 99.7 cm³/mol. The monoisotopic (exact) mass is 370 g/mol. The van der Waals surface area contributed by atoms with Crippen LogP contribution in [0.1, 0.15) is 39.7 Å². The van der Waals surface area contributed by atoms with Gasteiger partial charge in [-0.15, -0.1) is 11.3 Å². The Morgan fingerprint density at radius 2 is 2.20 bits per heavy atom. The van der Waals surface area contributed by atoms with Gasteiger partial charge in [-0.1, -0.05) is 30.0 Å². The number of benzene rings is 1. The maximum Gasteiger partial charge on any atom is 0.254 e. The first kappa shape index (κ1) is 16.4. The zero-order valence-electron chi connectivity index (χ0n) is 13.6. The van der Waals surface area contributed by atoms with Crippen molar-refractivity contribution in [1.29, 1.82) is 0 Å². The number of nitrogens with one attached hydrogen (secondary N) is 1. The molecular formula is C18H18N4OS2. The highest BCUT2D eigenvalue weighted by atomic mass is 32.2. The molecule has 5 nitrogen and oxygen atoms in total. The Bertz CT molecular complexity index is 815. The Morgan fingerprint density at radius 3 is 2.92 bits per heavy atom. The second kappa shape index (κ2) is 7.41. The number of likely N-dealkylation sites (tertiary alicyclic amines) is 1. The van der Waals surface area contributed by atoms with Gasteiger partial charge in [0, 0.05) is 22.7 Å². The standard InChI is InChI=1S/C18H18N4OS2/c23-17(22-9-1-3-15(22)16-4-2-10-24-16)14-7-5-13(6-8-14)11-25-18-19-12-20-21-18/h2,4-8,10,12,15H,1,3,9,11H2,(H,19,20,21). The lowest BCUT2D eigenvalue weighted by Crippen LogP contribution is -2.30. The molecule has 3 aromatic rings. The molecule has 1 aliphatic heterocycles. The van der Waals surface area contributed by atoms with E-state index < -0.39 is 0 Å².